The number of fused-ring (bicyclic) bond motifs is 9. The van der Waals surface area contributed by atoms with Gasteiger partial charge in [0.05, 0.1) is 0 Å². The van der Waals surface area contributed by atoms with Crippen molar-refractivity contribution in [1.29, 1.82) is 0 Å². The molecule has 5 nitrogen and oxygen atoms in total. The highest BCUT2D eigenvalue weighted by Gasteiger charge is 2.22. The van der Waals surface area contributed by atoms with Crippen LogP contribution in [0.5, 0.6) is 0 Å². The fraction of sp³-hybridized carbons (Fsp3) is 0. The smallest absolute Gasteiger partial charge is 0.164 e. The Balaban J connectivity index is 1.08. The second-order valence-corrected chi connectivity index (χ2v) is 14.7. The van der Waals surface area contributed by atoms with E-state index in [9.17, 15) is 0 Å². The quantitative estimate of drug-likeness (QED) is 0.176. The lowest BCUT2D eigenvalue weighted by molar-refractivity contribution is 0.668. The van der Waals surface area contributed by atoms with Crippen molar-refractivity contribution in [2.24, 2.45) is 0 Å². The van der Waals surface area contributed by atoms with Gasteiger partial charge in [0.15, 0.2) is 17.5 Å². The summed E-state index contributed by atoms with van der Waals surface area (Å²) in [5.41, 5.74) is 10.3. The molecule has 0 atom stereocenters. The Bertz CT molecular complexity index is 3510. The van der Waals surface area contributed by atoms with E-state index < -0.39 is 0 Å². The van der Waals surface area contributed by atoms with Crippen LogP contribution in [0, 0.1) is 0 Å². The Hall–Kier alpha value is -7.89. The lowest BCUT2D eigenvalue weighted by atomic mass is 9.91. The van der Waals surface area contributed by atoms with Gasteiger partial charge in [-0.2, -0.15) is 0 Å². The van der Waals surface area contributed by atoms with Crippen molar-refractivity contribution in [3.63, 3.8) is 0 Å². The van der Waals surface area contributed by atoms with Crippen LogP contribution in [-0.4, -0.2) is 15.0 Å². The zero-order chi connectivity index (χ0) is 38.2. The average Bonchev–Trinajstić information content (AvgIpc) is 3.87. The van der Waals surface area contributed by atoms with Crippen LogP contribution in [0.1, 0.15) is 0 Å². The lowest BCUT2D eigenvalue weighted by Crippen LogP contribution is -2.00. The highest BCUT2D eigenvalue weighted by atomic mass is 16.3. The van der Waals surface area contributed by atoms with Gasteiger partial charge < -0.3 is 8.83 Å². The van der Waals surface area contributed by atoms with Crippen LogP contribution in [-0.2, 0) is 0 Å². The number of para-hydroxylation sites is 1. The molecule has 3 aromatic heterocycles. The van der Waals surface area contributed by atoms with E-state index in [0.717, 1.165) is 82.6 Å². The van der Waals surface area contributed by atoms with Gasteiger partial charge in [-0.1, -0.05) is 152 Å². The topological polar surface area (TPSA) is 65.0 Å². The molecule has 12 rings (SSSR count). The fourth-order valence-electron chi connectivity index (χ4n) is 8.66. The van der Waals surface area contributed by atoms with E-state index in [1.807, 2.05) is 78.9 Å². The van der Waals surface area contributed by atoms with E-state index in [2.05, 4.69) is 109 Å². The van der Waals surface area contributed by atoms with Crippen LogP contribution in [0.2, 0.25) is 0 Å². The second kappa shape index (κ2) is 12.8. The number of hydrogen-bond donors (Lipinski definition) is 0. The van der Waals surface area contributed by atoms with E-state index >= 15 is 0 Å². The van der Waals surface area contributed by atoms with Crippen LogP contribution >= 0.6 is 0 Å². The summed E-state index contributed by atoms with van der Waals surface area (Å²) >= 11 is 0. The largest absolute Gasteiger partial charge is 0.456 e. The SMILES string of the molecule is c1ccc(-c2nc(-c3ccccc3)nc(-c3ccc(-c4ccc5oc6cc(-c7cccc8ccccc78)c7ccccc7c6c5c4)c4oc5ccccc5c34)n2)cc1. The summed E-state index contributed by atoms with van der Waals surface area (Å²) < 4.78 is 13.5. The summed E-state index contributed by atoms with van der Waals surface area (Å²) in [5.74, 6) is 1.81. The summed E-state index contributed by atoms with van der Waals surface area (Å²) in [7, 11) is 0. The van der Waals surface area contributed by atoms with Crippen molar-refractivity contribution < 1.29 is 8.83 Å². The molecule has 0 saturated carbocycles. The maximum absolute atomic E-state index is 6.79. The zero-order valence-corrected chi connectivity index (χ0v) is 31.1. The molecule has 3 heterocycles. The monoisotopic (exact) mass is 741 g/mol. The summed E-state index contributed by atoms with van der Waals surface area (Å²) in [6.07, 6.45) is 0. The second-order valence-electron chi connectivity index (χ2n) is 14.7. The Morgan fingerprint density at radius 2 is 0.897 bits per heavy atom. The highest BCUT2D eigenvalue weighted by Crippen LogP contribution is 2.45. The molecule has 0 N–H and O–H groups in total. The van der Waals surface area contributed by atoms with Gasteiger partial charge in [-0.3, -0.25) is 0 Å². The molecule has 0 spiro atoms. The molecule has 58 heavy (non-hydrogen) atoms. The minimum absolute atomic E-state index is 0.584. The summed E-state index contributed by atoms with van der Waals surface area (Å²) in [6, 6.07) is 65.0. The van der Waals surface area contributed by atoms with Gasteiger partial charge in [-0.25, -0.2) is 15.0 Å². The molecule has 0 aliphatic rings. The Morgan fingerprint density at radius 1 is 0.293 bits per heavy atom. The molecular weight excluding hydrogens is 711 g/mol. The van der Waals surface area contributed by atoms with Crippen LogP contribution in [0.3, 0.4) is 0 Å². The van der Waals surface area contributed by atoms with E-state index in [1.165, 1.54) is 21.7 Å². The highest BCUT2D eigenvalue weighted by molar-refractivity contribution is 6.24. The first-order chi connectivity index (χ1) is 28.7. The number of aromatic nitrogens is 3. The summed E-state index contributed by atoms with van der Waals surface area (Å²) in [6.45, 7) is 0. The van der Waals surface area contributed by atoms with Crippen molar-refractivity contribution in [3.05, 3.63) is 188 Å². The maximum atomic E-state index is 6.79. The summed E-state index contributed by atoms with van der Waals surface area (Å²) in [4.78, 5) is 15.2. The first-order valence-corrected chi connectivity index (χ1v) is 19.4. The van der Waals surface area contributed by atoms with Crippen molar-refractivity contribution >= 4 is 65.4 Å². The third kappa shape index (κ3) is 5.07. The molecule has 5 heteroatoms. The molecule has 0 aliphatic carbocycles. The van der Waals surface area contributed by atoms with E-state index in [4.69, 9.17) is 23.8 Å². The number of hydrogen-bond acceptors (Lipinski definition) is 5. The Morgan fingerprint density at radius 3 is 1.67 bits per heavy atom. The number of nitrogens with zero attached hydrogens (tertiary/aromatic N) is 3. The van der Waals surface area contributed by atoms with Gasteiger partial charge in [0.1, 0.15) is 22.3 Å². The molecule has 9 aromatic carbocycles. The van der Waals surface area contributed by atoms with Crippen LogP contribution < -0.4 is 0 Å². The molecule has 0 fully saturated rings. The molecular formula is C53H31N3O2. The molecule has 0 radical (unpaired) electrons. The predicted molar refractivity (Wildman–Crippen MR) is 237 cm³/mol. The molecule has 12 aromatic rings. The van der Waals surface area contributed by atoms with Crippen molar-refractivity contribution in [1.82, 2.24) is 15.0 Å². The number of benzene rings is 9. The lowest BCUT2D eigenvalue weighted by Gasteiger charge is -2.11. The van der Waals surface area contributed by atoms with Crippen LogP contribution in [0.4, 0.5) is 0 Å². The maximum Gasteiger partial charge on any atom is 0.164 e. The molecule has 0 aliphatic heterocycles. The van der Waals surface area contributed by atoms with Crippen LogP contribution in [0.25, 0.3) is 122 Å². The third-order valence-electron chi connectivity index (χ3n) is 11.3. The normalized spacial score (nSPS) is 11.8. The first-order valence-electron chi connectivity index (χ1n) is 19.4. The minimum atomic E-state index is 0.584. The van der Waals surface area contributed by atoms with E-state index in [1.54, 1.807) is 0 Å². The van der Waals surface area contributed by atoms with Gasteiger partial charge in [0, 0.05) is 43.8 Å². The molecule has 0 bridgehead atoms. The van der Waals surface area contributed by atoms with Crippen LogP contribution in [0.15, 0.2) is 197 Å². The number of rotatable bonds is 5. The van der Waals surface area contributed by atoms with Gasteiger partial charge >= 0.3 is 0 Å². The predicted octanol–water partition coefficient (Wildman–Crippen LogP) is 14.3. The molecule has 0 amide bonds. The van der Waals surface area contributed by atoms with Gasteiger partial charge in [0.25, 0.3) is 0 Å². The van der Waals surface area contributed by atoms with Gasteiger partial charge in [0.2, 0.25) is 0 Å². The van der Waals surface area contributed by atoms with E-state index in [-0.39, 0.29) is 0 Å². The number of furan rings is 2. The van der Waals surface area contributed by atoms with Crippen molar-refractivity contribution in [2.45, 2.75) is 0 Å². The Labute approximate surface area is 332 Å². The molecule has 270 valence electrons. The first kappa shape index (κ1) is 32.4. The average molecular weight is 742 g/mol. The summed E-state index contributed by atoms with van der Waals surface area (Å²) in [5, 5.41) is 8.88. The fourth-order valence-corrected chi connectivity index (χ4v) is 8.66. The van der Waals surface area contributed by atoms with Gasteiger partial charge in [-0.15, -0.1) is 0 Å². The molecule has 0 unspecified atom stereocenters. The zero-order valence-electron chi connectivity index (χ0n) is 31.1. The molecule has 0 saturated heterocycles. The Kier molecular flexibility index (Phi) is 7.16. The van der Waals surface area contributed by atoms with Gasteiger partial charge in [-0.05, 0) is 74.6 Å². The van der Waals surface area contributed by atoms with Crippen molar-refractivity contribution in [2.75, 3.05) is 0 Å². The van der Waals surface area contributed by atoms with Crippen molar-refractivity contribution in [3.8, 4) is 56.4 Å². The minimum Gasteiger partial charge on any atom is -0.456 e. The van der Waals surface area contributed by atoms with E-state index in [0.29, 0.717) is 17.5 Å². The standard InChI is InChI=1S/C53H31N3O2/c1-3-15-33(16-4-1)51-54-52(34-17-5-2-6-18-34)56-53(55-51)42-28-27-37(50-49(42)41-23-11-12-25-45(41)58-50)35-26-29-46-44(30-35)48-40-22-10-9-21-39(40)43(31-47(48)57-46)38-24-13-19-32-14-7-8-20-36(32)38/h1-31H. The third-order valence-corrected chi connectivity index (χ3v) is 11.3.